The van der Waals surface area contributed by atoms with Crippen LogP contribution in [0.1, 0.15) is 21.5 Å². The standard InChI is InChI=1S/C26H24N4O/c1-19-7-5-10-21(17-19)24-13-14-25(30-29-24)28-23-12-6-11-22(18-23)26(31)27-16-15-20-8-3-2-4-9-20/h2-14,17-18H,15-16H2,1H3,(H,27,31)(H,28,30). The molecule has 0 spiro atoms. The van der Waals surface area contributed by atoms with Crippen molar-refractivity contribution < 1.29 is 4.79 Å². The Kier molecular flexibility index (Phi) is 6.33. The highest BCUT2D eigenvalue weighted by molar-refractivity contribution is 5.95. The van der Waals surface area contributed by atoms with Crippen molar-refractivity contribution in [3.05, 3.63) is 108 Å². The van der Waals surface area contributed by atoms with Gasteiger partial charge in [0.15, 0.2) is 5.82 Å². The average molecular weight is 409 g/mol. The first-order chi connectivity index (χ1) is 15.2. The molecule has 0 bridgehead atoms. The van der Waals surface area contributed by atoms with E-state index in [0.29, 0.717) is 17.9 Å². The second-order valence-electron chi connectivity index (χ2n) is 7.37. The molecule has 1 amide bonds. The summed E-state index contributed by atoms with van der Waals surface area (Å²) in [7, 11) is 0. The van der Waals surface area contributed by atoms with Crippen LogP contribution in [0.25, 0.3) is 11.3 Å². The topological polar surface area (TPSA) is 66.9 Å². The van der Waals surface area contributed by atoms with Gasteiger partial charge in [0.25, 0.3) is 5.91 Å². The molecule has 0 saturated carbocycles. The van der Waals surface area contributed by atoms with Gasteiger partial charge in [0.1, 0.15) is 0 Å². The number of aryl methyl sites for hydroxylation is 1. The van der Waals surface area contributed by atoms with E-state index in [1.165, 1.54) is 11.1 Å². The van der Waals surface area contributed by atoms with Crippen molar-refractivity contribution >= 4 is 17.4 Å². The van der Waals surface area contributed by atoms with Gasteiger partial charge in [0.2, 0.25) is 0 Å². The molecule has 1 heterocycles. The van der Waals surface area contributed by atoms with Crippen LogP contribution >= 0.6 is 0 Å². The summed E-state index contributed by atoms with van der Waals surface area (Å²) >= 11 is 0. The van der Waals surface area contributed by atoms with Crippen LogP contribution in [0.3, 0.4) is 0 Å². The monoisotopic (exact) mass is 408 g/mol. The third-order valence-electron chi connectivity index (χ3n) is 4.92. The van der Waals surface area contributed by atoms with Crippen molar-refractivity contribution in [2.75, 3.05) is 11.9 Å². The lowest BCUT2D eigenvalue weighted by Crippen LogP contribution is -2.25. The minimum Gasteiger partial charge on any atom is -0.352 e. The zero-order valence-electron chi connectivity index (χ0n) is 17.4. The Morgan fingerprint density at radius 2 is 1.68 bits per heavy atom. The summed E-state index contributed by atoms with van der Waals surface area (Å²) in [6, 6.07) is 29.5. The number of rotatable bonds is 7. The normalized spacial score (nSPS) is 10.5. The number of benzene rings is 3. The summed E-state index contributed by atoms with van der Waals surface area (Å²) in [6.07, 6.45) is 0.799. The van der Waals surface area contributed by atoms with Gasteiger partial charge in [-0.2, -0.15) is 0 Å². The van der Waals surface area contributed by atoms with Gasteiger partial charge >= 0.3 is 0 Å². The van der Waals surface area contributed by atoms with E-state index in [1.807, 2.05) is 60.7 Å². The van der Waals surface area contributed by atoms with Crippen LogP contribution in [0.4, 0.5) is 11.5 Å². The molecule has 3 aromatic carbocycles. The molecule has 4 rings (SSSR count). The van der Waals surface area contributed by atoms with E-state index in [0.717, 1.165) is 23.4 Å². The van der Waals surface area contributed by atoms with Crippen LogP contribution < -0.4 is 10.6 Å². The molecule has 5 heteroatoms. The third kappa shape index (κ3) is 5.54. The Morgan fingerprint density at radius 1 is 0.839 bits per heavy atom. The zero-order valence-corrected chi connectivity index (χ0v) is 17.4. The van der Waals surface area contributed by atoms with Crippen molar-refractivity contribution in [2.24, 2.45) is 0 Å². The van der Waals surface area contributed by atoms with Crippen LogP contribution in [-0.4, -0.2) is 22.6 Å². The molecular weight excluding hydrogens is 384 g/mol. The van der Waals surface area contributed by atoms with E-state index < -0.39 is 0 Å². The Bertz CT molecular complexity index is 1160. The minimum absolute atomic E-state index is 0.0968. The molecule has 0 saturated heterocycles. The van der Waals surface area contributed by atoms with E-state index in [9.17, 15) is 4.79 Å². The fourth-order valence-electron chi connectivity index (χ4n) is 3.31. The summed E-state index contributed by atoms with van der Waals surface area (Å²) in [6.45, 7) is 2.64. The number of aromatic nitrogens is 2. The number of hydrogen-bond donors (Lipinski definition) is 2. The van der Waals surface area contributed by atoms with Gasteiger partial charge in [-0.05, 0) is 55.3 Å². The number of carbonyl (C=O) groups excluding carboxylic acids is 1. The molecule has 4 aromatic rings. The largest absolute Gasteiger partial charge is 0.352 e. The first kappa shape index (κ1) is 20.3. The molecule has 0 aliphatic rings. The molecule has 2 N–H and O–H groups in total. The van der Waals surface area contributed by atoms with Crippen molar-refractivity contribution in [1.82, 2.24) is 15.5 Å². The molecule has 0 fully saturated rings. The van der Waals surface area contributed by atoms with E-state index in [-0.39, 0.29) is 5.91 Å². The Labute approximate surface area is 182 Å². The van der Waals surface area contributed by atoms with Crippen molar-refractivity contribution in [3.63, 3.8) is 0 Å². The lowest BCUT2D eigenvalue weighted by molar-refractivity contribution is 0.0954. The fraction of sp³-hybridized carbons (Fsp3) is 0.115. The van der Waals surface area contributed by atoms with E-state index in [4.69, 9.17) is 0 Å². The highest BCUT2D eigenvalue weighted by atomic mass is 16.1. The molecule has 5 nitrogen and oxygen atoms in total. The van der Waals surface area contributed by atoms with E-state index >= 15 is 0 Å². The lowest BCUT2D eigenvalue weighted by Gasteiger charge is -2.09. The summed E-state index contributed by atoms with van der Waals surface area (Å²) in [5.41, 5.74) is 5.62. The quantitative estimate of drug-likeness (QED) is 0.443. The Morgan fingerprint density at radius 3 is 2.45 bits per heavy atom. The number of nitrogens with one attached hydrogen (secondary N) is 2. The minimum atomic E-state index is -0.0968. The lowest BCUT2D eigenvalue weighted by atomic mass is 10.1. The van der Waals surface area contributed by atoms with E-state index in [1.54, 1.807) is 6.07 Å². The summed E-state index contributed by atoms with van der Waals surface area (Å²) in [5, 5.41) is 14.8. The second kappa shape index (κ2) is 9.67. The SMILES string of the molecule is Cc1cccc(-c2ccc(Nc3cccc(C(=O)NCCc4ccccc4)c3)nn2)c1. The summed E-state index contributed by atoms with van der Waals surface area (Å²) in [5.74, 6) is 0.526. The highest BCUT2D eigenvalue weighted by Crippen LogP contribution is 2.20. The van der Waals surface area contributed by atoms with Gasteiger partial charge in [-0.15, -0.1) is 10.2 Å². The van der Waals surface area contributed by atoms with Crippen molar-refractivity contribution in [3.8, 4) is 11.3 Å². The maximum Gasteiger partial charge on any atom is 0.251 e. The van der Waals surface area contributed by atoms with Gasteiger partial charge in [-0.1, -0.05) is 60.2 Å². The van der Waals surface area contributed by atoms with Gasteiger partial charge < -0.3 is 10.6 Å². The molecule has 0 unspecified atom stereocenters. The van der Waals surface area contributed by atoms with Crippen LogP contribution in [0, 0.1) is 6.92 Å². The smallest absolute Gasteiger partial charge is 0.251 e. The first-order valence-electron chi connectivity index (χ1n) is 10.3. The maximum atomic E-state index is 12.5. The molecule has 1 aromatic heterocycles. The fourth-order valence-corrected chi connectivity index (χ4v) is 3.31. The van der Waals surface area contributed by atoms with Crippen LogP contribution in [0.5, 0.6) is 0 Å². The van der Waals surface area contributed by atoms with Gasteiger partial charge in [0.05, 0.1) is 5.69 Å². The highest BCUT2D eigenvalue weighted by Gasteiger charge is 2.07. The van der Waals surface area contributed by atoms with Crippen molar-refractivity contribution in [2.45, 2.75) is 13.3 Å². The van der Waals surface area contributed by atoms with Crippen molar-refractivity contribution in [1.29, 1.82) is 0 Å². The molecule has 31 heavy (non-hydrogen) atoms. The Balaban J connectivity index is 1.37. The van der Waals surface area contributed by atoms with Gasteiger partial charge in [-0.25, -0.2) is 0 Å². The van der Waals surface area contributed by atoms with Gasteiger partial charge in [-0.3, -0.25) is 4.79 Å². The predicted octanol–water partition coefficient (Wildman–Crippen LogP) is 5.17. The number of nitrogens with zero attached hydrogens (tertiary/aromatic N) is 2. The molecule has 0 aliphatic heterocycles. The van der Waals surface area contributed by atoms with Crippen LogP contribution in [-0.2, 0) is 6.42 Å². The Hall–Kier alpha value is -3.99. The molecular formula is C26H24N4O. The average Bonchev–Trinajstić information content (AvgIpc) is 2.80. The zero-order chi connectivity index (χ0) is 21.5. The first-order valence-corrected chi connectivity index (χ1v) is 10.3. The number of anilines is 2. The molecule has 0 atom stereocenters. The summed E-state index contributed by atoms with van der Waals surface area (Å²) < 4.78 is 0. The summed E-state index contributed by atoms with van der Waals surface area (Å²) in [4.78, 5) is 12.5. The molecule has 0 radical (unpaired) electrons. The number of hydrogen-bond acceptors (Lipinski definition) is 4. The maximum absolute atomic E-state index is 12.5. The third-order valence-corrected chi connectivity index (χ3v) is 4.92. The number of amides is 1. The molecule has 0 aliphatic carbocycles. The van der Waals surface area contributed by atoms with Crippen LogP contribution in [0.2, 0.25) is 0 Å². The second-order valence-corrected chi connectivity index (χ2v) is 7.37. The molecule has 154 valence electrons. The van der Waals surface area contributed by atoms with E-state index in [2.05, 4.69) is 52.0 Å². The van der Waals surface area contributed by atoms with Gasteiger partial charge in [0, 0.05) is 23.4 Å². The predicted molar refractivity (Wildman–Crippen MR) is 124 cm³/mol. The number of carbonyl (C=O) groups is 1. The van der Waals surface area contributed by atoms with Crippen LogP contribution in [0.15, 0.2) is 91.0 Å².